The number of benzene rings is 2. The molecule has 0 bridgehead atoms. The number of carbonyl (C=O) groups excluding carboxylic acids is 1. The van der Waals surface area contributed by atoms with Crippen LogP contribution < -0.4 is 10.2 Å². The van der Waals surface area contributed by atoms with E-state index in [0.717, 1.165) is 34.9 Å². The number of carbonyl (C=O) groups is 2. The SMILES string of the molecule is CN(C#N)C(=O)c1ccc(-c2ccnc(Nc3ccc(N4CCC(C(=O)O)CC4)cc3)n2)cc1. The molecule has 1 fully saturated rings. The molecule has 0 spiro atoms. The van der Waals surface area contributed by atoms with Crippen LogP contribution in [0.25, 0.3) is 11.3 Å². The summed E-state index contributed by atoms with van der Waals surface area (Å²) in [5.41, 5.74) is 3.83. The highest BCUT2D eigenvalue weighted by atomic mass is 16.4. The van der Waals surface area contributed by atoms with Crippen molar-refractivity contribution in [2.75, 3.05) is 30.4 Å². The predicted molar refractivity (Wildman–Crippen MR) is 127 cm³/mol. The van der Waals surface area contributed by atoms with Gasteiger partial charge in [-0.2, -0.15) is 5.26 Å². The van der Waals surface area contributed by atoms with E-state index in [0.29, 0.717) is 30.0 Å². The number of hydrogen-bond acceptors (Lipinski definition) is 7. The molecule has 0 saturated carbocycles. The van der Waals surface area contributed by atoms with Crippen LogP contribution in [-0.2, 0) is 4.79 Å². The molecule has 2 heterocycles. The molecule has 172 valence electrons. The van der Waals surface area contributed by atoms with Crippen molar-refractivity contribution in [1.82, 2.24) is 14.9 Å². The molecule has 9 nitrogen and oxygen atoms in total. The summed E-state index contributed by atoms with van der Waals surface area (Å²) in [6.07, 6.45) is 4.77. The van der Waals surface area contributed by atoms with Crippen LogP contribution in [0.3, 0.4) is 0 Å². The summed E-state index contributed by atoms with van der Waals surface area (Å²) in [4.78, 5) is 35.3. The number of carboxylic acids is 1. The molecule has 1 aromatic heterocycles. The lowest BCUT2D eigenvalue weighted by atomic mass is 9.97. The van der Waals surface area contributed by atoms with Gasteiger partial charge in [0.2, 0.25) is 5.95 Å². The number of anilines is 3. The second-order valence-electron chi connectivity index (χ2n) is 8.08. The highest BCUT2D eigenvalue weighted by Gasteiger charge is 2.24. The molecule has 1 saturated heterocycles. The second-order valence-corrected chi connectivity index (χ2v) is 8.08. The van der Waals surface area contributed by atoms with E-state index in [-0.39, 0.29) is 11.8 Å². The zero-order valence-electron chi connectivity index (χ0n) is 18.7. The molecule has 9 heteroatoms. The van der Waals surface area contributed by atoms with Crippen LogP contribution in [0.2, 0.25) is 0 Å². The lowest BCUT2D eigenvalue weighted by molar-refractivity contribution is -0.142. The first-order valence-electron chi connectivity index (χ1n) is 10.9. The van der Waals surface area contributed by atoms with Crippen molar-refractivity contribution < 1.29 is 14.7 Å². The van der Waals surface area contributed by atoms with Crippen molar-refractivity contribution in [1.29, 1.82) is 5.26 Å². The number of nitrogens with zero attached hydrogens (tertiary/aromatic N) is 5. The molecule has 3 aromatic rings. The molecular weight excluding hydrogens is 432 g/mol. The van der Waals surface area contributed by atoms with Crippen molar-refractivity contribution >= 4 is 29.2 Å². The fourth-order valence-electron chi connectivity index (χ4n) is 3.87. The Morgan fingerprint density at radius 3 is 2.38 bits per heavy atom. The molecule has 2 N–H and O–H groups in total. The van der Waals surface area contributed by atoms with E-state index in [1.54, 1.807) is 42.7 Å². The third kappa shape index (κ3) is 5.13. The van der Waals surface area contributed by atoms with Crippen molar-refractivity contribution in [2.45, 2.75) is 12.8 Å². The van der Waals surface area contributed by atoms with E-state index in [9.17, 15) is 9.59 Å². The van der Waals surface area contributed by atoms with Crippen LogP contribution in [-0.4, -0.2) is 52.0 Å². The summed E-state index contributed by atoms with van der Waals surface area (Å²) < 4.78 is 0. The minimum absolute atomic E-state index is 0.253. The van der Waals surface area contributed by atoms with Crippen molar-refractivity contribution in [2.24, 2.45) is 5.92 Å². The van der Waals surface area contributed by atoms with Crippen LogP contribution in [0.4, 0.5) is 17.3 Å². The fourth-order valence-corrected chi connectivity index (χ4v) is 3.87. The maximum Gasteiger partial charge on any atom is 0.306 e. The summed E-state index contributed by atoms with van der Waals surface area (Å²) in [6.45, 7) is 1.46. The van der Waals surface area contributed by atoms with Gasteiger partial charge in [0, 0.05) is 48.8 Å². The van der Waals surface area contributed by atoms with Gasteiger partial charge in [0.1, 0.15) is 0 Å². The second kappa shape index (κ2) is 10.0. The third-order valence-electron chi connectivity index (χ3n) is 5.87. The number of piperidine rings is 1. The summed E-state index contributed by atoms with van der Waals surface area (Å²) in [7, 11) is 1.42. The monoisotopic (exact) mass is 456 g/mol. The zero-order valence-corrected chi connectivity index (χ0v) is 18.7. The first-order valence-corrected chi connectivity index (χ1v) is 10.9. The predicted octanol–water partition coefficient (Wildman–Crippen LogP) is 3.74. The van der Waals surface area contributed by atoms with Gasteiger partial charge in [-0.25, -0.2) is 14.9 Å². The molecule has 1 aliphatic heterocycles. The highest BCUT2D eigenvalue weighted by Crippen LogP contribution is 2.26. The molecule has 34 heavy (non-hydrogen) atoms. The number of carboxylic acid groups (broad SMARTS) is 1. The van der Waals surface area contributed by atoms with Gasteiger partial charge in [0.15, 0.2) is 6.19 Å². The number of nitriles is 1. The first kappa shape index (κ1) is 22.7. The summed E-state index contributed by atoms with van der Waals surface area (Å²) in [5, 5.41) is 21.2. The van der Waals surface area contributed by atoms with Gasteiger partial charge in [-0.15, -0.1) is 0 Å². The molecule has 4 rings (SSSR count). The van der Waals surface area contributed by atoms with Gasteiger partial charge in [-0.05, 0) is 55.3 Å². The van der Waals surface area contributed by atoms with Gasteiger partial charge >= 0.3 is 5.97 Å². The van der Waals surface area contributed by atoms with Crippen LogP contribution in [0.1, 0.15) is 23.2 Å². The normalized spacial score (nSPS) is 13.7. The molecule has 2 aromatic carbocycles. The highest BCUT2D eigenvalue weighted by molar-refractivity contribution is 5.95. The maximum atomic E-state index is 12.1. The van der Waals surface area contributed by atoms with Crippen molar-refractivity contribution in [3.63, 3.8) is 0 Å². The molecule has 0 aliphatic carbocycles. The third-order valence-corrected chi connectivity index (χ3v) is 5.87. The fraction of sp³-hybridized carbons (Fsp3) is 0.240. The van der Waals surface area contributed by atoms with Gasteiger partial charge in [-0.3, -0.25) is 9.59 Å². The molecule has 0 atom stereocenters. The Morgan fingerprint density at radius 1 is 1.09 bits per heavy atom. The Balaban J connectivity index is 1.41. The summed E-state index contributed by atoms with van der Waals surface area (Å²) in [6, 6.07) is 16.6. The van der Waals surface area contributed by atoms with Gasteiger partial charge < -0.3 is 15.3 Å². The van der Waals surface area contributed by atoms with E-state index in [1.165, 1.54) is 7.05 Å². The average molecular weight is 457 g/mol. The number of amides is 1. The Hall–Kier alpha value is -4.45. The molecule has 1 aliphatic rings. The van der Waals surface area contributed by atoms with E-state index >= 15 is 0 Å². The number of rotatable bonds is 6. The number of hydrogen-bond donors (Lipinski definition) is 2. The first-order chi connectivity index (χ1) is 16.4. The standard InChI is InChI=1S/C25H24N6O3/c1-30(16-26)23(32)18-4-2-17(3-5-18)22-10-13-27-25(29-22)28-20-6-8-21(9-7-20)31-14-11-19(12-15-31)24(33)34/h2-10,13,19H,11-12,14-15H2,1H3,(H,33,34)(H,27,28,29). The lowest BCUT2D eigenvalue weighted by Crippen LogP contribution is -2.36. The van der Waals surface area contributed by atoms with Crippen LogP contribution in [0.15, 0.2) is 60.8 Å². The Kier molecular flexibility index (Phi) is 6.69. The molecular formula is C25H24N6O3. The topological polar surface area (TPSA) is 122 Å². The smallest absolute Gasteiger partial charge is 0.306 e. The van der Waals surface area contributed by atoms with Crippen LogP contribution >= 0.6 is 0 Å². The zero-order chi connectivity index (χ0) is 24.1. The summed E-state index contributed by atoms with van der Waals surface area (Å²) in [5.74, 6) is -0.889. The Bertz CT molecular complexity index is 1210. The van der Waals surface area contributed by atoms with E-state index in [1.807, 2.05) is 24.3 Å². The van der Waals surface area contributed by atoms with Gasteiger partial charge in [0.25, 0.3) is 5.91 Å². The van der Waals surface area contributed by atoms with Crippen LogP contribution in [0, 0.1) is 17.4 Å². The van der Waals surface area contributed by atoms with Crippen molar-refractivity contribution in [3.8, 4) is 17.5 Å². The Morgan fingerprint density at radius 2 is 1.76 bits per heavy atom. The van der Waals surface area contributed by atoms with Gasteiger partial charge in [0.05, 0.1) is 11.6 Å². The van der Waals surface area contributed by atoms with E-state index in [4.69, 9.17) is 10.4 Å². The molecule has 0 unspecified atom stereocenters. The lowest BCUT2D eigenvalue weighted by Gasteiger charge is -2.32. The number of aromatic nitrogens is 2. The Labute approximate surface area is 197 Å². The van der Waals surface area contributed by atoms with Crippen LogP contribution in [0.5, 0.6) is 0 Å². The average Bonchev–Trinajstić information content (AvgIpc) is 2.88. The van der Waals surface area contributed by atoms with Gasteiger partial charge in [-0.1, -0.05) is 12.1 Å². The van der Waals surface area contributed by atoms with E-state index in [2.05, 4.69) is 20.2 Å². The summed E-state index contributed by atoms with van der Waals surface area (Å²) >= 11 is 0. The minimum atomic E-state index is -0.711. The molecule has 1 amide bonds. The molecule has 0 radical (unpaired) electrons. The van der Waals surface area contributed by atoms with Crippen molar-refractivity contribution in [3.05, 3.63) is 66.4 Å². The number of nitrogens with one attached hydrogen (secondary N) is 1. The number of aliphatic carboxylic acids is 1. The van der Waals surface area contributed by atoms with E-state index < -0.39 is 5.97 Å². The largest absolute Gasteiger partial charge is 0.481 e. The minimum Gasteiger partial charge on any atom is -0.481 e. The maximum absolute atomic E-state index is 12.1. The quantitative estimate of drug-likeness (QED) is 0.425.